The molecule has 0 bridgehead atoms. The highest BCUT2D eigenvalue weighted by molar-refractivity contribution is 5.78. The molecule has 20 heavy (non-hydrogen) atoms. The number of carbonyl (C=O) groups excluding carboxylic acids is 1. The van der Waals surface area contributed by atoms with Crippen molar-refractivity contribution in [2.45, 2.75) is 44.9 Å². The first kappa shape index (κ1) is 15.8. The molecule has 1 aliphatic carbocycles. The number of nitrogens with zero attached hydrogens (tertiary/aromatic N) is 1. The van der Waals surface area contributed by atoms with Crippen molar-refractivity contribution in [1.82, 2.24) is 4.90 Å². The minimum absolute atomic E-state index is 0.241. The maximum Gasteiger partial charge on any atom is 0.225 e. The van der Waals surface area contributed by atoms with Gasteiger partial charge in [0.05, 0.1) is 0 Å². The number of carbonyl (C=O) groups is 1. The summed E-state index contributed by atoms with van der Waals surface area (Å²) in [5, 5.41) is 0. The summed E-state index contributed by atoms with van der Waals surface area (Å²) in [5.41, 5.74) is 5.66. The molecule has 2 aliphatic rings. The van der Waals surface area contributed by atoms with E-state index in [0.717, 1.165) is 58.4 Å². The summed E-state index contributed by atoms with van der Waals surface area (Å²) in [6.45, 7) is 3.37. The van der Waals surface area contributed by atoms with Crippen molar-refractivity contribution in [3.05, 3.63) is 0 Å². The highest BCUT2D eigenvalue weighted by atomic mass is 16.5. The summed E-state index contributed by atoms with van der Waals surface area (Å²) in [6.07, 6.45) is 7.83. The van der Waals surface area contributed by atoms with E-state index in [2.05, 4.69) is 0 Å². The normalized spacial score (nSPS) is 28.3. The van der Waals surface area contributed by atoms with E-state index in [1.807, 2.05) is 11.9 Å². The Balaban J connectivity index is 1.79. The molecule has 4 heteroatoms. The molecule has 2 N–H and O–H groups in total. The number of nitrogens with two attached hydrogens (primary N) is 1. The van der Waals surface area contributed by atoms with Crippen LogP contribution in [0.2, 0.25) is 0 Å². The van der Waals surface area contributed by atoms with Gasteiger partial charge in [-0.3, -0.25) is 4.79 Å². The van der Waals surface area contributed by atoms with Crippen LogP contribution in [0.25, 0.3) is 0 Å². The highest BCUT2D eigenvalue weighted by Gasteiger charge is 2.29. The van der Waals surface area contributed by atoms with Crippen LogP contribution in [0.3, 0.4) is 0 Å². The Hall–Kier alpha value is -0.610. The zero-order chi connectivity index (χ0) is 14.4. The van der Waals surface area contributed by atoms with E-state index in [4.69, 9.17) is 10.5 Å². The second kappa shape index (κ2) is 7.99. The maximum absolute atomic E-state index is 12.6. The van der Waals surface area contributed by atoms with Gasteiger partial charge in [-0.05, 0) is 50.5 Å². The minimum Gasteiger partial charge on any atom is -0.381 e. The van der Waals surface area contributed by atoms with Crippen molar-refractivity contribution in [2.24, 2.45) is 23.5 Å². The Morgan fingerprint density at radius 1 is 1.20 bits per heavy atom. The molecule has 1 saturated carbocycles. The van der Waals surface area contributed by atoms with Gasteiger partial charge in [0.1, 0.15) is 0 Å². The van der Waals surface area contributed by atoms with Crippen molar-refractivity contribution in [3.8, 4) is 0 Å². The summed E-state index contributed by atoms with van der Waals surface area (Å²) in [4.78, 5) is 14.6. The van der Waals surface area contributed by atoms with Gasteiger partial charge < -0.3 is 15.4 Å². The lowest BCUT2D eigenvalue weighted by Crippen LogP contribution is -2.39. The lowest BCUT2D eigenvalue weighted by molar-refractivity contribution is -0.136. The zero-order valence-corrected chi connectivity index (χ0v) is 12.9. The molecular weight excluding hydrogens is 252 g/mol. The van der Waals surface area contributed by atoms with Crippen LogP contribution in [-0.4, -0.2) is 44.2 Å². The van der Waals surface area contributed by atoms with Gasteiger partial charge in [0.25, 0.3) is 0 Å². The quantitative estimate of drug-likeness (QED) is 0.839. The van der Waals surface area contributed by atoms with Gasteiger partial charge in [-0.1, -0.05) is 12.8 Å². The van der Waals surface area contributed by atoms with Crippen LogP contribution in [0, 0.1) is 17.8 Å². The predicted octanol–water partition coefficient (Wildman–Crippen LogP) is 2.03. The molecule has 0 aromatic carbocycles. The fourth-order valence-electron chi connectivity index (χ4n) is 3.73. The summed E-state index contributed by atoms with van der Waals surface area (Å²) in [6, 6.07) is 0. The Morgan fingerprint density at radius 3 is 2.65 bits per heavy atom. The first-order chi connectivity index (χ1) is 9.70. The highest BCUT2D eigenvalue weighted by Crippen LogP contribution is 2.32. The first-order valence-electron chi connectivity index (χ1n) is 8.23. The molecule has 2 fully saturated rings. The Labute approximate surface area is 123 Å². The molecule has 1 saturated heterocycles. The Bertz CT molecular complexity index is 301. The van der Waals surface area contributed by atoms with Crippen LogP contribution in [0.1, 0.15) is 44.9 Å². The minimum atomic E-state index is 0.241. The lowest BCUT2D eigenvalue weighted by Gasteiger charge is -2.33. The van der Waals surface area contributed by atoms with Crippen LogP contribution in [0.5, 0.6) is 0 Å². The molecule has 1 amide bonds. The average molecular weight is 282 g/mol. The summed E-state index contributed by atoms with van der Waals surface area (Å²) >= 11 is 0. The van der Waals surface area contributed by atoms with E-state index in [9.17, 15) is 4.79 Å². The van der Waals surface area contributed by atoms with Gasteiger partial charge in [-0.25, -0.2) is 0 Å². The Kier molecular flexibility index (Phi) is 6.30. The van der Waals surface area contributed by atoms with Crippen LogP contribution in [0.15, 0.2) is 0 Å². The summed E-state index contributed by atoms with van der Waals surface area (Å²) < 4.78 is 5.38. The molecule has 0 aromatic rings. The van der Waals surface area contributed by atoms with Gasteiger partial charge in [-0.2, -0.15) is 0 Å². The van der Waals surface area contributed by atoms with E-state index in [0.29, 0.717) is 17.7 Å². The van der Waals surface area contributed by atoms with Crippen LogP contribution >= 0.6 is 0 Å². The maximum atomic E-state index is 12.6. The second-order valence-electron chi connectivity index (χ2n) is 6.58. The molecule has 0 radical (unpaired) electrons. The molecule has 4 nitrogen and oxygen atoms in total. The van der Waals surface area contributed by atoms with Gasteiger partial charge in [0.15, 0.2) is 0 Å². The lowest BCUT2D eigenvalue weighted by atomic mass is 9.79. The number of ether oxygens (including phenoxy) is 1. The van der Waals surface area contributed by atoms with Crippen molar-refractivity contribution < 1.29 is 9.53 Å². The molecule has 0 aromatic heterocycles. The summed E-state index contributed by atoms with van der Waals surface area (Å²) in [7, 11) is 1.98. The zero-order valence-electron chi connectivity index (χ0n) is 12.9. The fourth-order valence-corrected chi connectivity index (χ4v) is 3.73. The molecule has 1 heterocycles. The van der Waals surface area contributed by atoms with E-state index < -0.39 is 0 Å². The van der Waals surface area contributed by atoms with E-state index >= 15 is 0 Å². The van der Waals surface area contributed by atoms with Crippen LogP contribution in [0.4, 0.5) is 0 Å². The fraction of sp³-hybridized carbons (Fsp3) is 0.938. The molecular formula is C16H30N2O2. The molecule has 2 rings (SSSR count). The predicted molar refractivity (Wildman–Crippen MR) is 80.3 cm³/mol. The number of hydrogen-bond donors (Lipinski definition) is 1. The van der Waals surface area contributed by atoms with Gasteiger partial charge in [0.2, 0.25) is 5.91 Å². The second-order valence-corrected chi connectivity index (χ2v) is 6.58. The smallest absolute Gasteiger partial charge is 0.225 e. The number of hydrogen-bond acceptors (Lipinski definition) is 3. The van der Waals surface area contributed by atoms with Crippen molar-refractivity contribution in [3.63, 3.8) is 0 Å². The third-order valence-corrected chi connectivity index (χ3v) is 4.96. The number of amides is 1. The topological polar surface area (TPSA) is 55.6 Å². The molecule has 2 unspecified atom stereocenters. The van der Waals surface area contributed by atoms with Crippen LogP contribution < -0.4 is 5.73 Å². The van der Waals surface area contributed by atoms with Crippen molar-refractivity contribution in [1.29, 1.82) is 0 Å². The average Bonchev–Trinajstić information content (AvgIpc) is 2.48. The van der Waals surface area contributed by atoms with E-state index in [1.54, 1.807) is 0 Å². The third-order valence-electron chi connectivity index (χ3n) is 4.96. The van der Waals surface area contributed by atoms with E-state index in [1.165, 1.54) is 12.8 Å². The summed E-state index contributed by atoms with van der Waals surface area (Å²) in [5.74, 6) is 1.89. The molecule has 116 valence electrons. The molecule has 1 aliphatic heterocycles. The van der Waals surface area contributed by atoms with Crippen LogP contribution in [-0.2, 0) is 9.53 Å². The SMILES string of the molecule is CN(CC1CCOCC1)C(=O)C1CCCC(CCN)C1. The number of rotatable bonds is 5. The van der Waals surface area contributed by atoms with Gasteiger partial charge >= 0.3 is 0 Å². The standard InChI is InChI=1S/C16H30N2O2/c1-18(12-14-6-9-20-10-7-14)16(19)15-4-2-3-13(11-15)5-8-17/h13-15H,2-12,17H2,1H3. The third kappa shape index (κ3) is 4.45. The van der Waals surface area contributed by atoms with Crippen molar-refractivity contribution in [2.75, 3.05) is 33.4 Å². The first-order valence-corrected chi connectivity index (χ1v) is 8.23. The molecule has 2 atom stereocenters. The van der Waals surface area contributed by atoms with Crippen molar-refractivity contribution >= 4 is 5.91 Å². The monoisotopic (exact) mass is 282 g/mol. The van der Waals surface area contributed by atoms with Gasteiger partial charge in [0, 0.05) is 32.7 Å². The Morgan fingerprint density at radius 2 is 1.95 bits per heavy atom. The molecule has 0 spiro atoms. The van der Waals surface area contributed by atoms with Gasteiger partial charge in [-0.15, -0.1) is 0 Å². The largest absolute Gasteiger partial charge is 0.381 e. The van der Waals surface area contributed by atoms with E-state index in [-0.39, 0.29) is 5.92 Å².